The summed E-state index contributed by atoms with van der Waals surface area (Å²) >= 11 is 0. The zero-order valence-corrected chi connectivity index (χ0v) is 16.7. The number of aromatic nitrogens is 1. The summed E-state index contributed by atoms with van der Waals surface area (Å²) in [7, 11) is -1.89. The third-order valence-corrected chi connectivity index (χ3v) is 5.38. The van der Waals surface area contributed by atoms with E-state index in [1.165, 1.54) is 0 Å². The second kappa shape index (κ2) is 6.61. The van der Waals surface area contributed by atoms with Gasteiger partial charge in [-0.15, -0.1) is 5.54 Å². The van der Waals surface area contributed by atoms with Crippen LogP contribution in [0.1, 0.15) is 47.4 Å². The first-order valence-corrected chi connectivity index (χ1v) is 12.4. The molecule has 0 unspecified atom stereocenters. The Labute approximate surface area is 156 Å². The minimum Gasteiger partial charge on any atom is -0.477 e. The number of carboxylic acid groups (broad SMARTS) is 1. The SMILES string of the molecule is CCc1c(C(=O)O)c(=O)c2cc(F)c(F)c(C#C[Si](C)(C)C)c2n1C1CC1. The summed E-state index contributed by atoms with van der Waals surface area (Å²) in [5, 5.41) is 9.43. The molecule has 1 aliphatic rings. The molecular weight excluding hydrogens is 368 g/mol. The van der Waals surface area contributed by atoms with Crippen LogP contribution >= 0.6 is 0 Å². The molecule has 27 heavy (non-hydrogen) atoms. The van der Waals surface area contributed by atoms with Crippen LogP contribution in [-0.2, 0) is 6.42 Å². The van der Waals surface area contributed by atoms with E-state index in [0.29, 0.717) is 12.1 Å². The molecule has 4 nitrogen and oxygen atoms in total. The molecule has 0 atom stereocenters. The maximum Gasteiger partial charge on any atom is 0.341 e. The molecule has 142 valence electrons. The highest BCUT2D eigenvalue weighted by molar-refractivity contribution is 6.83. The number of hydrogen-bond donors (Lipinski definition) is 1. The van der Waals surface area contributed by atoms with Crippen molar-refractivity contribution in [2.45, 2.75) is 51.9 Å². The first-order valence-electron chi connectivity index (χ1n) is 8.92. The Morgan fingerprint density at radius 3 is 2.44 bits per heavy atom. The van der Waals surface area contributed by atoms with E-state index in [2.05, 4.69) is 11.5 Å². The van der Waals surface area contributed by atoms with E-state index < -0.39 is 31.1 Å². The van der Waals surface area contributed by atoms with Gasteiger partial charge in [-0.25, -0.2) is 13.6 Å². The minimum atomic E-state index is -1.89. The van der Waals surface area contributed by atoms with Crippen LogP contribution in [0.25, 0.3) is 10.9 Å². The summed E-state index contributed by atoms with van der Waals surface area (Å²) < 4.78 is 30.7. The number of nitrogens with zero attached hydrogens (tertiary/aromatic N) is 1. The van der Waals surface area contributed by atoms with E-state index in [4.69, 9.17) is 0 Å². The van der Waals surface area contributed by atoms with Crippen LogP contribution in [-0.4, -0.2) is 23.7 Å². The normalized spacial score (nSPS) is 14.1. The molecule has 1 aliphatic carbocycles. The Kier molecular flexibility index (Phi) is 4.72. The highest BCUT2D eigenvalue weighted by atomic mass is 28.3. The molecular formula is C20H21F2NO3Si. The number of rotatable bonds is 3. The van der Waals surface area contributed by atoms with Crippen molar-refractivity contribution in [3.05, 3.63) is 44.7 Å². The molecule has 1 heterocycles. The number of fused-ring (bicyclic) bond motifs is 1. The van der Waals surface area contributed by atoms with Crippen molar-refractivity contribution >= 4 is 24.9 Å². The van der Waals surface area contributed by atoms with Crippen molar-refractivity contribution in [2.24, 2.45) is 0 Å². The summed E-state index contributed by atoms with van der Waals surface area (Å²) in [6, 6.07) is 0.774. The van der Waals surface area contributed by atoms with Crippen molar-refractivity contribution in [1.29, 1.82) is 0 Å². The largest absolute Gasteiger partial charge is 0.477 e. The fourth-order valence-corrected chi connectivity index (χ4v) is 3.73. The molecule has 0 spiro atoms. The Balaban J connectivity index is 2.58. The van der Waals surface area contributed by atoms with Gasteiger partial charge in [0.1, 0.15) is 13.6 Å². The molecule has 1 saturated carbocycles. The van der Waals surface area contributed by atoms with Gasteiger partial charge in [-0.1, -0.05) is 32.5 Å². The Morgan fingerprint density at radius 2 is 1.96 bits per heavy atom. The molecule has 1 fully saturated rings. The van der Waals surface area contributed by atoms with Gasteiger partial charge in [0.15, 0.2) is 11.6 Å². The predicted octanol–water partition coefficient (Wildman–Crippen LogP) is 4.10. The van der Waals surface area contributed by atoms with Crippen molar-refractivity contribution in [3.63, 3.8) is 0 Å². The van der Waals surface area contributed by atoms with E-state index >= 15 is 0 Å². The highest BCUT2D eigenvalue weighted by Gasteiger charge is 2.32. The van der Waals surface area contributed by atoms with Gasteiger partial charge in [0.2, 0.25) is 5.43 Å². The van der Waals surface area contributed by atoms with Crippen molar-refractivity contribution in [2.75, 3.05) is 0 Å². The van der Waals surface area contributed by atoms with Crippen LogP contribution in [0.5, 0.6) is 0 Å². The van der Waals surface area contributed by atoms with Crippen LogP contribution in [0.3, 0.4) is 0 Å². The molecule has 1 aromatic heterocycles. The summed E-state index contributed by atoms with van der Waals surface area (Å²) in [6.07, 6.45) is 1.89. The summed E-state index contributed by atoms with van der Waals surface area (Å²) in [4.78, 5) is 24.6. The van der Waals surface area contributed by atoms with Gasteiger partial charge in [0, 0.05) is 11.7 Å². The number of carboxylic acids is 1. The zero-order valence-electron chi connectivity index (χ0n) is 15.7. The lowest BCUT2D eigenvalue weighted by molar-refractivity contribution is 0.0693. The van der Waals surface area contributed by atoms with E-state index in [-0.39, 0.29) is 28.1 Å². The van der Waals surface area contributed by atoms with Crippen molar-refractivity contribution in [3.8, 4) is 11.5 Å². The first-order chi connectivity index (χ1) is 12.6. The van der Waals surface area contributed by atoms with Gasteiger partial charge in [-0.05, 0) is 25.3 Å². The van der Waals surface area contributed by atoms with Gasteiger partial charge in [0.05, 0.1) is 16.5 Å². The number of halogens is 2. The topological polar surface area (TPSA) is 59.3 Å². The third kappa shape index (κ3) is 3.42. The number of pyridine rings is 1. The fourth-order valence-electron chi connectivity index (χ4n) is 3.23. The third-order valence-electron chi connectivity index (χ3n) is 4.51. The number of carbonyl (C=O) groups is 1. The second-order valence-corrected chi connectivity index (χ2v) is 12.6. The predicted molar refractivity (Wildman–Crippen MR) is 103 cm³/mol. The number of hydrogen-bond acceptors (Lipinski definition) is 2. The van der Waals surface area contributed by atoms with Crippen LogP contribution in [0.15, 0.2) is 10.9 Å². The molecule has 0 amide bonds. The standard InChI is InChI=1S/C20H21F2NO3Si/c1-5-15-16(20(25)26)19(24)13-10-14(21)17(22)12(8-9-27(2,3)4)18(13)23(15)11-6-7-11/h10-11H,5-7H2,1-4H3,(H,25,26). The molecule has 1 N–H and O–H groups in total. The van der Waals surface area contributed by atoms with E-state index in [0.717, 1.165) is 18.9 Å². The molecule has 3 rings (SSSR count). The average Bonchev–Trinajstić information content (AvgIpc) is 3.39. The van der Waals surface area contributed by atoms with Gasteiger partial charge in [-0.3, -0.25) is 4.79 Å². The molecule has 7 heteroatoms. The van der Waals surface area contributed by atoms with Crippen molar-refractivity contribution < 1.29 is 18.7 Å². The average molecular weight is 389 g/mol. The summed E-state index contributed by atoms with van der Waals surface area (Å²) in [5.41, 5.74) is 2.27. The van der Waals surface area contributed by atoms with Gasteiger partial charge >= 0.3 is 5.97 Å². The first kappa shape index (κ1) is 19.3. The van der Waals surface area contributed by atoms with Crippen LogP contribution in [0.2, 0.25) is 19.6 Å². The maximum absolute atomic E-state index is 14.7. The van der Waals surface area contributed by atoms with Gasteiger partial charge in [0.25, 0.3) is 0 Å². The molecule has 2 aromatic rings. The quantitative estimate of drug-likeness (QED) is 0.635. The van der Waals surface area contributed by atoms with Crippen LogP contribution in [0.4, 0.5) is 8.78 Å². The Morgan fingerprint density at radius 1 is 1.33 bits per heavy atom. The highest BCUT2D eigenvalue weighted by Crippen LogP contribution is 2.40. The molecule has 0 bridgehead atoms. The summed E-state index contributed by atoms with van der Waals surface area (Å²) in [5.74, 6) is -0.860. The van der Waals surface area contributed by atoms with Crippen LogP contribution < -0.4 is 5.43 Å². The smallest absolute Gasteiger partial charge is 0.341 e. The Bertz CT molecular complexity index is 1080. The maximum atomic E-state index is 14.7. The Hall–Kier alpha value is -2.46. The number of aromatic carboxylic acids is 1. The fraction of sp³-hybridized carbons (Fsp3) is 0.400. The van der Waals surface area contributed by atoms with E-state index in [9.17, 15) is 23.5 Å². The lowest BCUT2D eigenvalue weighted by Crippen LogP contribution is -2.25. The number of benzene rings is 1. The monoisotopic (exact) mass is 389 g/mol. The van der Waals surface area contributed by atoms with Crippen LogP contribution in [0, 0.1) is 23.1 Å². The lowest BCUT2D eigenvalue weighted by Gasteiger charge is -2.19. The molecule has 1 aromatic carbocycles. The molecule has 0 aliphatic heterocycles. The second-order valence-electron chi connectivity index (χ2n) is 7.85. The van der Waals surface area contributed by atoms with Gasteiger partial charge < -0.3 is 9.67 Å². The summed E-state index contributed by atoms with van der Waals surface area (Å²) in [6.45, 7) is 7.69. The lowest BCUT2D eigenvalue weighted by atomic mass is 10.0. The van der Waals surface area contributed by atoms with Crippen molar-refractivity contribution in [1.82, 2.24) is 4.57 Å². The van der Waals surface area contributed by atoms with Gasteiger partial charge in [-0.2, -0.15) is 0 Å². The molecule has 0 radical (unpaired) electrons. The van der Waals surface area contributed by atoms with E-state index in [1.54, 1.807) is 11.5 Å². The minimum absolute atomic E-state index is 0.0292. The zero-order chi connectivity index (χ0) is 20.1. The molecule has 0 saturated heterocycles. The van der Waals surface area contributed by atoms with E-state index in [1.807, 2.05) is 19.6 Å².